The van der Waals surface area contributed by atoms with Gasteiger partial charge in [-0.15, -0.1) is 0 Å². The average Bonchev–Trinajstić information content (AvgIpc) is 2.19. The molecule has 2 rings (SSSR count). The van der Waals surface area contributed by atoms with Crippen LogP contribution in [0.2, 0.25) is 5.15 Å². The first-order valence-corrected chi connectivity index (χ1v) is 5.25. The van der Waals surface area contributed by atoms with E-state index in [0.717, 1.165) is 18.5 Å². The van der Waals surface area contributed by atoms with E-state index < -0.39 is 0 Å². The third-order valence-electron chi connectivity index (χ3n) is 2.37. The topological polar surface area (TPSA) is 24.9 Å². The first-order chi connectivity index (χ1) is 6.84. The van der Waals surface area contributed by atoms with E-state index in [4.69, 9.17) is 11.6 Å². The highest BCUT2D eigenvalue weighted by Crippen LogP contribution is 2.18. The molecule has 14 heavy (non-hydrogen) atoms. The highest BCUT2D eigenvalue weighted by atomic mass is 35.5. The number of nitrogens with one attached hydrogen (secondary N) is 1. The summed E-state index contributed by atoms with van der Waals surface area (Å²) in [4.78, 5) is 3.94. The summed E-state index contributed by atoms with van der Waals surface area (Å²) in [5.74, 6) is 0. The summed E-state index contributed by atoms with van der Waals surface area (Å²) >= 11 is 5.80. The fourth-order valence-electron chi connectivity index (χ4n) is 1.65. The Morgan fingerprint density at radius 2 is 2.36 bits per heavy atom. The Kier molecular flexibility index (Phi) is 3.04. The fourth-order valence-corrected chi connectivity index (χ4v) is 1.83. The van der Waals surface area contributed by atoms with Crippen LogP contribution in [0.3, 0.4) is 0 Å². The fraction of sp³-hybridized carbons (Fsp3) is 0.364. The van der Waals surface area contributed by atoms with Crippen LogP contribution in [-0.2, 0) is 0 Å². The Morgan fingerprint density at radius 3 is 3.07 bits per heavy atom. The average molecular weight is 209 g/mol. The summed E-state index contributed by atoms with van der Waals surface area (Å²) in [5, 5.41) is 3.99. The van der Waals surface area contributed by atoms with E-state index in [1.165, 1.54) is 6.42 Å². The van der Waals surface area contributed by atoms with Crippen LogP contribution in [-0.4, -0.2) is 11.0 Å². The molecule has 0 saturated heterocycles. The van der Waals surface area contributed by atoms with Gasteiger partial charge in [-0.25, -0.2) is 4.98 Å². The van der Waals surface area contributed by atoms with Crippen molar-refractivity contribution in [2.45, 2.75) is 25.3 Å². The van der Waals surface area contributed by atoms with E-state index in [-0.39, 0.29) is 0 Å². The third-order valence-corrected chi connectivity index (χ3v) is 2.57. The highest BCUT2D eigenvalue weighted by Gasteiger charge is 2.08. The summed E-state index contributed by atoms with van der Waals surface area (Å²) in [6.45, 7) is 0. The van der Waals surface area contributed by atoms with E-state index in [1.807, 2.05) is 12.1 Å². The number of anilines is 1. The van der Waals surface area contributed by atoms with Crippen LogP contribution in [0.1, 0.15) is 19.3 Å². The van der Waals surface area contributed by atoms with Gasteiger partial charge >= 0.3 is 0 Å². The molecule has 1 N–H and O–H groups in total. The number of halogens is 1. The quantitative estimate of drug-likeness (QED) is 0.596. The largest absolute Gasteiger partial charge is 0.382 e. The standard InChI is InChI=1S/C11H13ClN2/c12-11-8-10(6-7-13-11)14-9-4-2-1-3-5-9/h1-2,6-9H,3-5H2,(H,13,14). The van der Waals surface area contributed by atoms with Crippen molar-refractivity contribution in [1.82, 2.24) is 4.98 Å². The zero-order valence-electron chi connectivity index (χ0n) is 7.91. The second-order valence-electron chi connectivity index (χ2n) is 3.49. The Hall–Kier alpha value is -1.02. The van der Waals surface area contributed by atoms with Crippen molar-refractivity contribution in [3.63, 3.8) is 0 Å². The monoisotopic (exact) mass is 208 g/mol. The second kappa shape index (κ2) is 4.47. The molecular formula is C11H13ClN2. The SMILES string of the molecule is Clc1cc(NC2CC=CCC2)ccn1. The number of aromatic nitrogens is 1. The molecule has 0 bridgehead atoms. The second-order valence-corrected chi connectivity index (χ2v) is 3.88. The van der Waals surface area contributed by atoms with Crippen LogP contribution < -0.4 is 5.32 Å². The van der Waals surface area contributed by atoms with E-state index >= 15 is 0 Å². The number of hydrogen-bond donors (Lipinski definition) is 1. The molecular weight excluding hydrogens is 196 g/mol. The molecule has 74 valence electrons. The van der Waals surface area contributed by atoms with Gasteiger partial charge in [0.1, 0.15) is 5.15 Å². The van der Waals surface area contributed by atoms with Crippen LogP contribution >= 0.6 is 11.6 Å². The lowest BCUT2D eigenvalue weighted by Crippen LogP contribution is -2.20. The van der Waals surface area contributed by atoms with Crippen molar-refractivity contribution in [2.75, 3.05) is 5.32 Å². The van der Waals surface area contributed by atoms with Gasteiger partial charge < -0.3 is 5.32 Å². The van der Waals surface area contributed by atoms with Gasteiger partial charge in [-0.2, -0.15) is 0 Å². The Bertz CT molecular complexity index is 336. The third kappa shape index (κ3) is 2.48. The highest BCUT2D eigenvalue weighted by molar-refractivity contribution is 6.29. The van der Waals surface area contributed by atoms with Crippen LogP contribution in [0.5, 0.6) is 0 Å². The zero-order valence-corrected chi connectivity index (χ0v) is 8.67. The molecule has 1 aromatic rings. The van der Waals surface area contributed by atoms with Gasteiger partial charge in [-0.1, -0.05) is 23.8 Å². The predicted octanol–water partition coefficient (Wildman–Crippen LogP) is 3.26. The molecule has 1 aliphatic rings. The first-order valence-electron chi connectivity index (χ1n) is 4.88. The molecule has 1 heterocycles. The number of nitrogens with zero attached hydrogens (tertiary/aromatic N) is 1. The number of hydrogen-bond acceptors (Lipinski definition) is 2. The van der Waals surface area contributed by atoms with Gasteiger partial charge in [0.05, 0.1) is 0 Å². The van der Waals surface area contributed by atoms with Gasteiger partial charge in [0.2, 0.25) is 0 Å². The molecule has 3 heteroatoms. The van der Waals surface area contributed by atoms with Gasteiger partial charge in [0.15, 0.2) is 0 Å². The summed E-state index contributed by atoms with van der Waals surface area (Å²) in [5.41, 5.74) is 1.06. The molecule has 0 saturated carbocycles. The Balaban J connectivity index is 1.99. The van der Waals surface area contributed by atoms with Crippen LogP contribution in [0.4, 0.5) is 5.69 Å². The number of allylic oxidation sites excluding steroid dienone is 1. The molecule has 1 aromatic heterocycles. The van der Waals surface area contributed by atoms with Crippen molar-refractivity contribution in [2.24, 2.45) is 0 Å². The molecule has 0 amide bonds. The van der Waals surface area contributed by atoms with E-state index in [2.05, 4.69) is 22.5 Å². The van der Waals surface area contributed by atoms with Crippen molar-refractivity contribution in [3.8, 4) is 0 Å². The molecule has 2 nitrogen and oxygen atoms in total. The summed E-state index contributed by atoms with van der Waals surface area (Å²) in [6, 6.07) is 4.35. The summed E-state index contributed by atoms with van der Waals surface area (Å²) in [6.07, 6.45) is 9.64. The lowest BCUT2D eigenvalue weighted by molar-refractivity contribution is 0.644. The molecule has 1 atom stereocenters. The van der Waals surface area contributed by atoms with Crippen molar-refractivity contribution >= 4 is 17.3 Å². The molecule has 0 aromatic carbocycles. The normalized spacial score (nSPS) is 20.8. The Labute approximate surface area is 89.0 Å². The molecule has 0 radical (unpaired) electrons. The summed E-state index contributed by atoms with van der Waals surface area (Å²) in [7, 11) is 0. The van der Waals surface area contributed by atoms with Gasteiger partial charge in [-0.05, 0) is 31.4 Å². The smallest absolute Gasteiger partial charge is 0.131 e. The maximum Gasteiger partial charge on any atom is 0.131 e. The molecule has 0 spiro atoms. The van der Waals surface area contributed by atoms with Crippen LogP contribution in [0.25, 0.3) is 0 Å². The maximum absolute atomic E-state index is 5.80. The van der Waals surface area contributed by atoms with Crippen molar-refractivity contribution in [3.05, 3.63) is 35.6 Å². The van der Waals surface area contributed by atoms with Crippen LogP contribution in [0.15, 0.2) is 30.5 Å². The van der Waals surface area contributed by atoms with E-state index in [9.17, 15) is 0 Å². The molecule has 0 aliphatic heterocycles. The minimum Gasteiger partial charge on any atom is -0.382 e. The van der Waals surface area contributed by atoms with Crippen LogP contribution in [0, 0.1) is 0 Å². The van der Waals surface area contributed by atoms with Crippen molar-refractivity contribution in [1.29, 1.82) is 0 Å². The van der Waals surface area contributed by atoms with Gasteiger partial charge in [0.25, 0.3) is 0 Å². The molecule has 0 fully saturated rings. The molecule has 1 unspecified atom stereocenters. The van der Waals surface area contributed by atoms with Crippen molar-refractivity contribution < 1.29 is 0 Å². The predicted molar refractivity (Wildman–Crippen MR) is 59.6 cm³/mol. The first kappa shape index (κ1) is 9.53. The lowest BCUT2D eigenvalue weighted by atomic mass is 10.0. The maximum atomic E-state index is 5.80. The number of pyridine rings is 1. The minimum atomic E-state index is 0.540. The van der Waals surface area contributed by atoms with Gasteiger partial charge in [-0.3, -0.25) is 0 Å². The zero-order chi connectivity index (χ0) is 9.80. The van der Waals surface area contributed by atoms with E-state index in [1.54, 1.807) is 6.20 Å². The van der Waals surface area contributed by atoms with Gasteiger partial charge in [0, 0.05) is 17.9 Å². The molecule has 1 aliphatic carbocycles. The van der Waals surface area contributed by atoms with E-state index in [0.29, 0.717) is 11.2 Å². The summed E-state index contributed by atoms with van der Waals surface area (Å²) < 4.78 is 0. The minimum absolute atomic E-state index is 0.540. The Morgan fingerprint density at radius 1 is 1.43 bits per heavy atom. The lowest BCUT2D eigenvalue weighted by Gasteiger charge is -2.20. The number of rotatable bonds is 2.